The van der Waals surface area contributed by atoms with Crippen LogP contribution in [-0.2, 0) is 15.9 Å². The third kappa shape index (κ3) is 4.11. The maximum Gasteiger partial charge on any atom is 0.211 e. The van der Waals surface area contributed by atoms with Crippen molar-refractivity contribution >= 4 is 23.0 Å². The summed E-state index contributed by atoms with van der Waals surface area (Å²) in [5, 5.41) is 12.6. The second kappa shape index (κ2) is 9.51. The van der Waals surface area contributed by atoms with Gasteiger partial charge in [0.15, 0.2) is 5.78 Å². The van der Waals surface area contributed by atoms with Gasteiger partial charge in [-0.05, 0) is 62.8 Å². The molecule has 5 aliphatic rings. The number of nitrogens with zero attached hydrogens (tertiary/aromatic N) is 1. The highest BCUT2D eigenvalue weighted by Crippen LogP contribution is 2.57. The van der Waals surface area contributed by atoms with Crippen LogP contribution in [0.3, 0.4) is 0 Å². The number of unbranched alkanes of at least 4 members (excludes halogenated alkanes) is 2. The largest absolute Gasteiger partial charge is 0.493 e. The van der Waals surface area contributed by atoms with E-state index in [2.05, 4.69) is 11.5 Å². The van der Waals surface area contributed by atoms with Crippen molar-refractivity contribution in [2.24, 2.45) is 16.3 Å². The summed E-state index contributed by atoms with van der Waals surface area (Å²) in [6.07, 6.45) is 15.4. The van der Waals surface area contributed by atoms with Crippen LogP contribution in [0.15, 0.2) is 39.4 Å². The number of thiophene rings is 1. The van der Waals surface area contributed by atoms with E-state index in [0.717, 1.165) is 75.0 Å². The lowest BCUT2D eigenvalue weighted by Crippen LogP contribution is -2.38. The average Bonchev–Trinajstić information content (AvgIpc) is 3.42. The first kappa shape index (κ1) is 23.5. The Hall–Kier alpha value is -1.92. The van der Waals surface area contributed by atoms with Crippen LogP contribution in [0.4, 0.5) is 0 Å². The van der Waals surface area contributed by atoms with Gasteiger partial charge >= 0.3 is 0 Å². The van der Waals surface area contributed by atoms with Gasteiger partial charge < -0.3 is 14.6 Å². The highest BCUT2D eigenvalue weighted by atomic mass is 32.1. The van der Waals surface area contributed by atoms with Crippen LogP contribution in [0.2, 0.25) is 0 Å². The van der Waals surface area contributed by atoms with Gasteiger partial charge in [0.2, 0.25) is 5.90 Å². The predicted molar refractivity (Wildman–Crippen MR) is 138 cm³/mol. The van der Waals surface area contributed by atoms with Crippen molar-refractivity contribution in [2.75, 3.05) is 7.11 Å². The van der Waals surface area contributed by atoms with Gasteiger partial charge in [0.05, 0.1) is 24.7 Å². The van der Waals surface area contributed by atoms with Crippen LogP contribution >= 0.6 is 11.3 Å². The maximum absolute atomic E-state index is 12.8. The molecule has 188 valence electrons. The minimum atomic E-state index is -0.396. The van der Waals surface area contributed by atoms with Gasteiger partial charge in [-0.25, -0.2) is 4.99 Å². The van der Waals surface area contributed by atoms with Crippen molar-refractivity contribution in [3.63, 3.8) is 0 Å². The molecule has 2 unspecified atom stereocenters. The van der Waals surface area contributed by atoms with Crippen molar-refractivity contribution in [2.45, 2.75) is 102 Å². The summed E-state index contributed by atoms with van der Waals surface area (Å²) in [5.74, 6) is 2.31. The van der Waals surface area contributed by atoms with E-state index in [1.807, 2.05) is 6.07 Å². The fourth-order valence-corrected chi connectivity index (χ4v) is 8.25. The number of methoxy groups -OCH3 is 1. The van der Waals surface area contributed by atoms with Crippen LogP contribution in [0.5, 0.6) is 0 Å². The smallest absolute Gasteiger partial charge is 0.211 e. The summed E-state index contributed by atoms with van der Waals surface area (Å²) < 4.78 is 12.3. The van der Waals surface area contributed by atoms with Gasteiger partial charge in [-0.15, -0.1) is 11.3 Å². The Morgan fingerprint density at radius 3 is 3.06 bits per heavy atom. The fourth-order valence-electron chi connectivity index (χ4n) is 7.35. The van der Waals surface area contributed by atoms with Gasteiger partial charge in [-0.3, -0.25) is 4.79 Å². The lowest BCUT2D eigenvalue weighted by atomic mass is 9.64. The molecule has 0 bridgehead atoms. The molecule has 1 spiro atoms. The van der Waals surface area contributed by atoms with Crippen molar-refractivity contribution in [1.82, 2.24) is 0 Å². The van der Waals surface area contributed by atoms with Gasteiger partial charge in [-0.1, -0.05) is 25.3 Å². The molecular formula is C29H37NO4S. The zero-order valence-electron chi connectivity index (χ0n) is 20.8. The van der Waals surface area contributed by atoms with Gasteiger partial charge in [0, 0.05) is 40.3 Å². The molecule has 6 heteroatoms. The first-order valence-electron chi connectivity index (χ1n) is 13.6. The van der Waals surface area contributed by atoms with E-state index in [-0.39, 0.29) is 23.5 Å². The third-order valence-electron chi connectivity index (χ3n) is 8.99. The molecule has 0 amide bonds. The minimum absolute atomic E-state index is 0.0418. The van der Waals surface area contributed by atoms with Gasteiger partial charge in [-0.2, -0.15) is 0 Å². The van der Waals surface area contributed by atoms with Gasteiger partial charge in [0.1, 0.15) is 11.9 Å². The first-order valence-corrected chi connectivity index (χ1v) is 14.5. The number of ether oxygens (including phenoxy) is 2. The molecule has 3 aliphatic carbocycles. The Kier molecular flexibility index (Phi) is 6.38. The second-order valence-electron chi connectivity index (χ2n) is 11.1. The molecule has 1 N–H and O–H groups in total. The molecule has 5 nitrogen and oxygen atoms in total. The van der Waals surface area contributed by atoms with E-state index >= 15 is 0 Å². The number of carbonyl (C=O) groups excluding carboxylic acids is 1. The lowest BCUT2D eigenvalue weighted by Gasteiger charge is -2.39. The highest BCUT2D eigenvalue weighted by molar-refractivity contribution is 7.10. The fraction of sp³-hybridized carbons (Fsp3) is 0.655. The normalized spacial score (nSPS) is 33.7. The number of aryl methyl sites for hydroxylation is 1. The number of aliphatic hydroxyl groups excluding tert-OH is 1. The van der Waals surface area contributed by atoms with Crippen LogP contribution in [-0.4, -0.2) is 42.1 Å². The van der Waals surface area contributed by atoms with Crippen molar-refractivity contribution in [3.05, 3.63) is 44.9 Å². The Morgan fingerprint density at radius 1 is 1.26 bits per heavy atom. The number of Topliss-reactive ketones (excluding diaryl/α,β-unsaturated/α-hetero) is 1. The maximum atomic E-state index is 12.8. The number of hydrogen-bond donors (Lipinski definition) is 1. The Labute approximate surface area is 212 Å². The predicted octanol–water partition coefficient (Wildman–Crippen LogP) is 6.17. The summed E-state index contributed by atoms with van der Waals surface area (Å²) >= 11 is 1.73. The van der Waals surface area contributed by atoms with Crippen LogP contribution < -0.4 is 0 Å². The van der Waals surface area contributed by atoms with E-state index < -0.39 is 6.10 Å². The number of aliphatic hydroxyl groups is 1. The number of aliphatic imine (C=N–C) groups is 1. The molecule has 1 aromatic rings. The Bertz CT molecular complexity index is 1080. The zero-order chi connectivity index (χ0) is 24.0. The van der Waals surface area contributed by atoms with E-state index in [1.165, 1.54) is 28.9 Å². The summed E-state index contributed by atoms with van der Waals surface area (Å²) in [6.45, 7) is 0. The third-order valence-corrected chi connectivity index (χ3v) is 9.97. The minimum Gasteiger partial charge on any atom is -0.493 e. The molecule has 0 aromatic carbocycles. The number of carbonyl (C=O) groups is 1. The van der Waals surface area contributed by atoms with Crippen LogP contribution in [0.1, 0.15) is 92.3 Å². The molecular weight excluding hydrogens is 458 g/mol. The number of hydrogen-bond acceptors (Lipinski definition) is 6. The zero-order valence-corrected chi connectivity index (χ0v) is 21.6. The standard InChI is InChI=1S/C29H37NO4S/c1-33-28-19(8-4-2-3-7-18-10-11-24-21(27(18)32)12-14-35-24)17-29-13-6-5-9-25(29)34-23-16-20(31)15-22(30-28)26(23)29/h12,14,17-18,20,22,25,31H,2-11,13,15-16H2,1H3/t18?,20-,22+,25+,29?/m1/s1. The van der Waals surface area contributed by atoms with E-state index in [4.69, 9.17) is 14.5 Å². The first-order chi connectivity index (χ1) is 17.1. The van der Waals surface area contributed by atoms with E-state index in [1.54, 1.807) is 18.4 Å². The molecule has 1 aromatic heterocycles. The second-order valence-corrected chi connectivity index (χ2v) is 12.1. The summed E-state index contributed by atoms with van der Waals surface area (Å²) in [4.78, 5) is 19.1. The number of ketones is 1. The molecule has 5 atom stereocenters. The molecule has 6 rings (SSSR count). The Morgan fingerprint density at radius 2 is 2.17 bits per heavy atom. The quantitative estimate of drug-likeness (QED) is 0.480. The lowest BCUT2D eigenvalue weighted by molar-refractivity contribution is 0.0390. The van der Waals surface area contributed by atoms with Crippen LogP contribution in [0.25, 0.3) is 0 Å². The summed E-state index contributed by atoms with van der Waals surface area (Å²) in [7, 11) is 1.72. The van der Waals surface area contributed by atoms with E-state index in [0.29, 0.717) is 18.6 Å². The number of fused-ring (bicyclic) bond motifs is 1. The number of rotatable bonds is 6. The highest BCUT2D eigenvalue weighted by Gasteiger charge is 2.55. The Balaban J connectivity index is 1.14. The average molecular weight is 496 g/mol. The van der Waals surface area contributed by atoms with Crippen molar-refractivity contribution in [1.29, 1.82) is 0 Å². The van der Waals surface area contributed by atoms with Crippen LogP contribution in [0, 0.1) is 11.3 Å². The van der Waals surface area contributed by atoms with E-state index in [9.17, 15) is 9.90 Å². The molecule has 35 heavy (non-hydrogen) atoms. The molecule has 3 heterocycles. The molecule has 0 radical (unpaired) electrons. The van der Waals surface area contributed by atoms with Crippen molar-refractivity contribution < 1.29 is 19.4 Å². The molecule has 1 fully saturated rings. The summed E-state index contributed by atoms with van der Waals surface area (Å²) in [6, 6.07) is 1.97. The molecule has 2 aliphatic heterocycles. The summed E-state index contributed by atoms with van der Waals surface area (Å²) in [5.41, 5.74) is 3.44. The molecule has 0 saturated heterocycles. The van der Waals surface area contributed by atoms with Crippen molar-refractivity contribution in [3.8, 4) is 0 Å². The SMILES string of the molecule is COC1=N[C@H]2C[C@@H](O)CC3=C2C2(C=C1CCCCCC1CCc4sccc4C1=O)CCCC[C@@H]2O3. The van der Waals surface area contributed by atoms with Gasteiger partial charge in [0.25, 0.3) is 0 Å². The topological polar surface area (TPSA) is 68.1 Å². The molecule has 1 saturated carbocycles. The monoisotopic (exact) mass is 495 g/mol.